The first kappa shape index (κ1) is 18.4. The smallest absolute Gasteiger partial charge is 0.243 e. The highest BCUT2D eigenvalue weighted by atomic mass is 32.2. The molecule has 1 amide bonds. The van der Waals surface area contributed by atoms with Gasteiger partial charge in [0.2, 0.25) is 15.9 Å². The zero-order valence-corrected chi connectivity index (χ0v) is 15.6. The van der Waals surface area contributed by atoms with Crippen molar-refractivity contribution in [3.63, 3.8) is 0 Å². The summed E-state index contributed by atoms with van der Waals surface area (Å²) in [6.07, 6.45) is 1.24. The number of carbonyl (C=O) groups excluding carboxylic acids is 1. The molecule has 0 bridgehead atoms. The first-order valence-electron chi connectivity index (χ1n) is 8.87. The van der Waals surface area contributed by atoms with Gasteiger partial charge in [0.15, 0.2) is 0 Å². The Hall–Kier alpha value is -1.44. The van der Waals surface area contributed by atoms with Gasteiger partial charge in [-0.05, 0) is 38.8 Å². The number of benzene rings is 1. The molecule has 2 saturated heterocycles. The monoisotopic (exact) mass is 366 g/mol. The summed E-state index contributed by atoms with van der Waals surface area (Å²) in [5.74, 6) is 0.0403. The summed E-state index contributed by atoms with van der Waals surface area (Å²) >= 11 is 0. The lowest BCUT2D eigenvalue weighted by Gasteiger charge is -2.39. The van der Waals surface area contributed by atoms with E-state index in [-0.39, 0.29) is 24.0 Å². The van der Waals surface area contributed by atoms with Gasteiger partial charge in [-0.1, -0.05) is 18.2 Å². The molecular weight excluding hydrogens is 340 g/mol. The van der Waals surface area contributed by atoms with E-state index >= 15 is 0 Å². The molecule has 0 N–H and O–H groups in total. The molecule has 6 nitrogen and oxygen atoms in total. The van der Waals surface area contributed by atoms with Crippen LogP contribution in [0.4, 0.5) is 0 Å². The van der Waals surface area contributed by atoms with Crippen molar-refractivity contribution in [2.75, 3.05) is 26.2 Å². The van der Waals surface area contributed by atoms with Crippen LogP contribution in [0.5, 0.6) is 0 Å². The summed E-state index contributed by atoms with van der Waals surface area (Å²) in [7, 11) is -3.47. The normalized spacial score (nSPS) is 26.6. The molecule has 1 aromatic carbocycles. The van der Waals surface area contributed by atoms with E-state index in [0.29, 0.717) is 43.9 Å². The molecule has 2 aliphatic heterocycles. The number of amides is 1. The van der Waals surface area contributed by atoms with Crippen LogP contribution >= 0.6 is 0 Å². The largest absolute Gasteiger partial charge is 0.372 e. The lowest BCUT2D eigenvalue weighted by molar-refractivity contribution is -0.148. The number of hydrogen-bond donors (Lipinski definition) is 0. The maximum Gasteiger partial charge on any atom is 0.243 e. The molecule has 0 unspecified atom stereocenters. The van der Waals surface area contributed by atoms with E-state index in [1.807, 2.05) is 18.7 Å². The summed E-state index contributed by atoms with van der Waals surface area (Å²) in [5.41, 5.74) is 0. The maximum atomic E-state index is 12.8. The predicted octanol–water partition coefficient (Wildman–Crippen LogP) is 1.72. The Balaban J connectivity index is 1.61. The van der Waals surface area contributed by atoms with Gasteiger partial charge in [0, 0.05) is 32.1 Å². The second kappa shape index (κ2) is 7.43. The van der Waals surface area contributed by atoms with Crippen LogP contribution in [0.25, 0.3) is 0 Å². The van der Waals surface area contributed by atoms with Crippen molar-refractivity contribution in [2.45, 2.75) is 43.8 Å². The van der Waals surface area contributed by atoms with Crippen LogP contribution in [0.1, 0.15) is 26.7 Å². The minimum absolute atomic E-state index is 0.0475. The number of nitrogens with zero attached hydrogens (tertiary/aromatic N) is 2. The van der Waals surface area contributed by atoms with Crippen LogP contribution in [0.3, 0.4) is 0 Å². The number of hydrogen-bond acceptors (Lipinski definition) is 4. The first-order valence-corrected chi connectivity index (χ1v) is 10.3. The Morgan fingerprint density at radius 2 is 1.60 bits per heavy atom. The Morgan fingerprint density at radius 1 is 1.04 bits per heavy atom. The fourth-order valence-electron chi connectivity index (χ4n) is 3.70. The van der Waals surface area contributed by atoms with Crippen molar-refractivity contribution in [3.05, 3.63) is 30.3 Å². The minimum atomic E-state index is -3.47. The third kappa shape index (κ3) is 4.04. The number of ether oxygens (including phenoxy) is 1. The van der Waals surface area contributed by atoms with E-state index in [9.17, 15) is 13.2 Å². The topological polar surface area (TPSA) is 66.9 Å². The highest BCUT2D eigenvalue weighted by Crippen LogP contribution is 2.26. The summed E-state index contributed by atoms with van der Waals surface area (Å²) in [6.45, 7) is 5.97. The molecule has 0 aromatic heterocycles. The van der Waals surface area contributed by atoms with Crippen molar-refractivity contribution >= 4 is 15.9 Å². The molecule has 1 aromatic rings. The van der Waals surface area contributed by atoms with Crippen molar-refractivity contribution in [1.82, 2.24) is 9.21 Å². The summed E-state index contributed by atoms with van der Waals surface area (Å²) in [6, 6.07) is 8.48. The number of sulfonamides is 1. The van der Waals surface area contributed by atoms with Gasteiger partial charge in [0.05, 0.1) is 17.1 Å². The number of rotatable bonds is 3. The zero-order chi connectivity index (χ0) is 18.0. The van der Waals surface area contributed by atoms with Crippen LogP contribution in [0.2, 0.25) is 0 Å². The molecular formula is C18H26N2O4S. The van der Waals surface area contributed by atoms with E-state index in [1.54, 1.807) is 30.3 Å². The molecule has 2 heterocycles. The third-order valence-electron chi connectivity index (χ3n) is 4.92. The third-order valence-corrected chi connectivity index (χ3v) is 6.83. The molecule has 0 spiro atoms. The summed E-state index contributed by atoms with van der Waals surface area (Å²) in [5, 5.41) is 0. The van der Waals surface area contributed by atoms with Crippen LogP contribution in [-0.2, 0) is 19.6 Å². The molecule has 25 heavy (non-hydrogen) atoms. The van der Waals surface area contributed by atoms with Gasteiger partial charge in [-0.25, -0.2) is 8.42 Å². The van der Waals surface area contributed by atoms with Gasteiger partial charge in [0.25, 0.3) is 0 Å². The summed E-state index contributed by atoms with van der Waals surface area (Å²) in [4.78, 5) is 15.0. The van der Waals surface area contributed by atoms with E-state index < -0.39 is 10.0 Å². The van der Waals surface area contributed by atoms with Crippen molar-refractivity contribution in [2.24, 2.45) is 5.92 Å². The minimum Gasteiger partial charge on any atom is -0.372 e. The van der Waals surface area contributed by atoms with Gasteiger partial charge < -0.3 is 9.64 Å². The van der Waals surface area contributed by atoms with Gasteiger partial charge in [-0.3, -0.25) is 4.79 Å². The lowest BCUT2D eigenvalue weighted by Crippen LogP contribution is -2.51. The second-order valence-electron chi connectivity index (χ2n) is 6.99. The van der Waals surface area contributed by atoms with E-state index in [2.05, 4.69) is 0 Å². The van der Waals surface area contributed by atoms with E-state index in [1.165, 1.54) is 4.31 Å². The quantitative estimate of drug-likeness (QED) is 0.817. The van der Waals surface area contributed by atoms with Crippen LogP contribution in [-0.4, -0.2) is 61.9 Å². The molecule has 0 radical (unpaired) electrons. The standard InChI is InChI=1S/C18H26N2O4S/c1-14-12-19(13-15(2)24-14)18(21)16-8-10-20(11-9-16)25(22,23)17-6-4-3-5-7-17/h3-7,14-16H,8-13H2,1-2H3/t14-,15-/m1/s1. The lowest BCUT2D eigenvalue weighted by atomic mass is 9.96. The van der Waals surface area contributed by atoms with Crippen LogP contribution in [0, 0.1) is 5.92 Å². The van der Waals surface area contributed by atoms with Crippen LogP contribution in [0.15, 0.2) is 35.2 Å². The predicted molar refractivity (Wildman–Crippen MR) is 94.5 cm³/mol. The van der Waals surface area contributed by atoms with E-state index in [0.717, 1.165) is 0 Å². The number of morpholine rings is 1. The average Bonchev–Trinajstić information content (AvgIpc) is 2.61. The molecule has 7 heteroatoms. The van der Waals surface area contributed by atoms with Crippen LogP contribution < -0.4 is 0 Å². The van der Waals surface area contributed by atoms with Gasteiger partial charge >= 0.3 is 0 Å². The number of carbonyl (C=O) groups is 1. The molecule has 0 aliphatic carbocycles. The molecule has 2 atom stereocenters. The maximum absolute atomic E-state index is 12.8. The highest BCUT2D eigenvalue weighted by Gasteiger charge is 2.35. The fraction of sp³-hybridized carbons (Fsp3) is 0.611. The van der Waals surface area contributed by atoms with Crippen molar-refractivity contribution in [3.8, 4) is 0 Å². The first-order chi connectivity index (χ1) is 11.9. The Morgan fingerprint density at radius 3 is 2.16 bits per heavy atom. The Kier molecular flexibility index (Phi) is 5.46. The highest BCUT2D eigenvalue weighted by molar-refractivity contribution is 7.89. The van der Waals surface area contributed by atoms with E-state index in [4.69, 9.17) is 4.74 Å². The SMILES string of the molecule is C[C@@H]1CN(C(=O)C2CCN(S(=O)(=O)c3ccccc3)CC2)C[C@@H](C)O1. The molecule has 2 fully saturated rings. The Bertz CT molecular complexity index is 689. The van der Waals surface area contributed by atoms with Crippen molar-refractivity contribution in [1.29, 1.82) is 0 Å². The summed E-state index contributed by atoms with van der Waals surface area (Å²) < 4.78 is 32.5. The van der Waals surface area contributed by atoms with Gasteiger partial charge in [0.1, 0.15) is 0 Å². The Labute approximate surface area is 149 Å². The van der Waals surface area contributed by atoms with Gasteiger partial charge in [-0.15, -0.1) is 0 Å². The second-order valence-corrected chi connectivity index (χ2v) is 8.93. The number of piperidine rings is 1. The molecule has 138 valence electrons. The molecule has 0 saturated carbocycles. The van der Waals surface area contributed by atoms with Crippen molar-refractivity contribution < 1.29 is 17.9 Å². The molecule has 3 rings (SSSR count). The van der Waals surface area contributed by atoms with Gasteiger partial charge in [-0.2, -0.15) is 4.31 Å². The fourth-order valence-corrected chi connectivity index (χ4v) is 5.19. The molecule has 2 aliphatic rings. The zero-order valence-electron chi connectivity index (χ0n) is 14.8. The average molecular weight is 366 g/mol.